The summed E-state index contributed by atoms with van der Waals surface area (Å²) in [5.41, 5.74) is 1.57. The van der Waals surface area contributed by atoms with E-state index in [0.717, 1.165) is 59.2 Å². The van der Waals surface area contributed by atoms with Gasteiger partial charge in [-0.1, -0.05) is 13.0 Å². The molecular weight excluding hydrogens is 314 g/mol. The molecule has 0 radical (unpaired) electrons. The van der Waals surface area contributed by atoms with Crippen LogP contribution < -0.4 is 0 Å². The van der Waals surface area contributed by atoms with Gasteiger partial charge in [0, 0.05) is 63.7 Å². The molecule has 138 valence electrons. The minimum absolute atomic E-state index is 0.262. The van der Waals surface area contributed by atoms with Crippen LogP contribution in [0.1, 0.15) is 18.9 Å². The smallest absolute Gasteiger partial charge is 0.0593 e. The monoisotopic (exact) mass is 345 g/mol. The number of ether oxygens (including phenoxy) is 2. The largest absolute Gasteiger partial charge is 0.381 e. The third-order valence-electron chi connectivity index (χ3n) is 6.27. The lowest BCUT2D eigenvalue weighted by molar-refractivity contribution is 0.0494. The Labute approximate surface area is 151 Å². The molecule has 4 heterocycles. The summed E-state index contributed by atoms with van der Waals surface area (Å²) < 4.78 is 11.7. The molecule has 0 amide bonds. The highest BCUT2D eigenvalue weighted by molar-refractivity contribution is 5.09. The van der Waals surface area contributed by atoms with E-state index in [1.807, 2.05) is 18.5 Å². The first-order valence-corrected chi connectivity index (χ1v) is 9.73. The predicted molar refractivity (Wildman–Crippen MR) is 97.3 cm³/mol. The number of hydrogen-bond acceptors (Lipinski definition) is 5. The van der Waals surface area contributed by atoms with Gasteiger partial charge in [0.1, 0.15) is 0 Å². The highest BCUT2D eigenvalue weighted by Crippen LogP contribution is 2.39. The number of rotatable bonds is 4. The maximum atomic E-state index is 6.08. The summed E-state index contributed by atoms with van der Waals surface area (Å²) in [6.07, 6.45) is 5.06. The SMILES string of the molecule is C[C@H]1CN(Cc2cccnc2)C[C@@]12COCCN(C[C@@H]1CCOC1)C2. The lowest BCUT2D eigenvalue weighted by Crippen LogP contribution is -2.45. The first-order valence-electron chi connectivity index (χ1n) is 9.73. The molecule has 0 unspecified atom stereocenters. The van der Waals surface area contributed by atoms with E-state index in [2.05, 4.69) is 27.8 Å². The molecule has 1 spiro atoms. The van der Waals surface area contributed by atoms with Gasteiger partial charge in [0.2, 0.25) is 0 Å². The minimum atomic E-state index is 0.262. The topological polar surface area (TPSA) is 37.8 Å². The van der Waals surface area contributed by atoms with Crippen molar-refractivity contribution in [1.82, 2.24) is 14.8 Å². The minimum Gasteiger partial charge on any atom is -0.381 e. The summed E-state index contributed by atoms with van der Waals surface area (Å²) in [6.45, 7) is 12.7. The van der Waals surface area contributed by atoms with Crippen molar-refractivity contribution in [2.75, 3.05) is 59.2 Å². The molecule has 3 atom stereocenters. The predicted octanol–water partition coefficient (Wildman–Crippen LogP) is 1.89. The van der Waals surface area contributed by atoms with Crippen LogP contribution in [0.5, 0.6) is 0 Å². The molecule has 0 bridgehead atoms. The van der Waals surface area contributed by atoms with Gasteiger partial charge in [-0.25, -0.2) is 0 Å². The molecular formula is C20H31N3O2. The standard InChI is InChI=1S/C20H31N3O2/c1-17-10-23(11-18-3-2-5-21-9-18)15-20(17)14-22(6-8-25-16-20)12-19-4-7-24-13-19/h2-3,5,9,17,19H,4,6-8,10-16H2,1H3/t17-,19-,20-/m0/s1. The molecule has 1 aromatic rings. The average molecular weight is 345 g/mol. The normalized spacial score (nSPS) is 34.6. The van der Waals surface area contributed by atoms with Crippen molar-refractivity contribution in [3.8, 4) is 0 Å². The van der Waals surface area contributed by atoms with Gasteiger partial charge in [0.05, 0.1) is 19.8 Å². The Bertz CT molecular complexity index is 549. The van der Waals surface area contributed by atoms with E-state index in [1.165, 1.54) is 18.5 Å². The Morgan fingerprint density at radius 1 is 1.24 bits per heavy atom. The van der Waals surface area contributed by atoms with E-state index in [-0.39, 0.29) is 5.41 Å². The van der Waals surface area contributed by atoms with E-state index in [9.17, 15) is 0 Å². The van der Waals surface area contributed by atoms with Gasteiger partial charge in [-0.05, 0) is 29.9 Å². The van der Waals surface area contributed by atoms with E-state index in [0.29, 0.717) is 11.8 Å². The van der Waals surface area contributed by atoms with Crippen LogP contribution in [0.15, 0.2) is 24.5 Å². The number of nitrogens with zero attached hydrogens (tertiary/aromatic N) is 3. The highest BCUT2D eigenvalue weighted by atomic mass is 16.5. The van der Waals surface area contributed by atoms with Crippen LogP contribution in [-0.2, 0) is 16.0 Å². The molecule has 1 aromatic heterocycles. The zero-order valence-corrected chi connectivity index (χ0v) is 15.4. The maximum absolute atomic E-state index is 6.08. The zero-order valence-electron chi connectivity index (χ0n) is 15.4. The van der Waals surface area contributed by atoms with E-state index >= 15 is 0 Å². The fourth-order valence-electron chi connectivity index (χ4n) is 4.80. The molecule has 25 heavy (non-hydrogen) atoms. The maximum Gasteiger partial charge on any atom is 0.0593 e. The number of likely N-dealkylation sites (tertiary alicyclic amines) is 1. The Morgan fingerprint density at radius 3 is 2.96 bits per heavy atom. The van der Waals surface area contributed by atoms with Crippen molar-refractivity contribution >= 4 is 0 Å². The first-order chi connectivity index (χ1) is 12.2. The first kappa shape index (κ1) is 17.4. The molecule has 3 aliphatic heterocycles. The van der Waals surface area contributed by atoms with Crippen molar-refractivity contribution in [1.29, 1.82) is 0 Å². The molecule has 0 aliphatic carbocycles. The highest BCUT2D eigenvalue weighted by Gasteiger charge is 2.46. The summed E-state index contributed by atoms with van der Waals surface area (Å²) in [5, 5.41) is 0. The molecule has 5 heteroatoms. The van der Waals surface area contributed by atoms with Crippen molar-refractivity contribution in [3.05, 3.63) is 30.1 Å². The van der Waals surface area contributed by atoms with Gasteiger partial charge in [0.15, 0.2) is 0 Å². The van der Waals surface area contributed by atoms with Gasteiger partial charge in [-0.15, -0.1) is 0 Å². The Balaban J connectivity index is 1.41. The van der Waals surface area contributed by atoms with Gasteiger partial charge in [-0.3, -0.25) is 14.8 Å². The van der Waals surface area contributed by atoms with Crippen LogP contribution in [-0.4, -0.2) is 73.9 Å². The summed E-state index contributed by atoms with van der Waals surface area (Å²) >= 11 is 0. The molecule has 0 aromatic carbocycles. The Morgan fingerprint density at radius 2 is 2.16 bits per heavy atom. The van der Waals surface area contributed by atoms with Crippen molar-refractivity contribution in [3.63, 3.8) is 0 Å². The van der Waals surface area contributed by atoms with Crippen LogP contribution in [0.25, 0.3) is 0 Å². The zero-order chi connectivity index (χ0) is 17.1. The van der Waals surface area contributed by atoms with Crippen molar-refractivity contribution in [2.45, 2.75) is 19.9 Å². The summed E-state index contributed by atoms with van der Waals surface area (Å²) in [7, 11) is 0. The lowest BCUT2D eigenvalue weighted by Gasteiger charge is -2.36. The van der Waals surface area contributed by atoms with E-state index in [1.54, 1.807) is 0 Å². The Kier molecular flexibility index (Phi) is 5.36. The molecule has 0 saturated carbocycles. The molecule has 3 fully saturated rings. The van der Waals surface area contributed by atoms with Gasteiger partial charge in [0.25, 0.3) is 0 Å². The third kappa shape index (κ3) is 4.05. The quantitative estimate of drug-likeness (QED) is 0.833. The fraction of sp³-hybridized carbons (Fsp3) is 0.750. The van der Waals surface area contributed by atoms with Crippen LogP contribution in [0.2, 0.25) is 0 Å². The average Bonchev–Trinajstić information content (AvgIpc) is 3.15. The van der Waals surface area contributed by atoms with Crippen LogP contribution in [0.4, 0.5) is 0 Å². The fourth-order valence-corrected chi connectivity index (χ4v) is 4.80. The van der Waals surface area contributed by atoms with Gasteiger partial charge in [-0.2, -0.15) is 0 Å². The van der Waals surface area contributed by atoms with Gasteiger partial charge >= 0.3 is 0 Å². The molecule has 5 nitrogen and oxygen atoms in total. The van der Waals surface area contributed by atoms with E-state index < -0.39 is 0 Å². The Hall–Kier alpha value is -1.01. The van der Waals surface area contributed by atoms with Gasteiger partial charge < -0.3 is 9.47 Å². The van der Waals surface area contributed by atoms with Crippen LogP contribution in [0.3, 0.4) is 0 Å². The molecule has 4 rings (SSSR count). The summed E-state index contributed by atoms with van der Waals surface area (Å²) in [5.74, 6) is 1.36. The second-order valence-corrected chi connectivity index (χ2v) is 8.31. The molecule has 3 aliphatic rings. The third-order valence-corrected chi connectivity index (χ3v) is 6.27. The second kappa shape index (κ2) is 7.70. The van der Waals surface area contributed by atoms with Crippen molar-refractivity contribution < 1.29 is 9.47 Å². The number of pyridine rings is 1. The van der Waals surface area contributed by atoms with E-state index in [4.69, 9.17) is 9.47 Å². The lowest BCUT2D eigenvalue weighted by atomic mass is 9.79. The van der Waals surface area contributed by atoms with Crippen molar-refractivity contribution in [2.24, 2.45) is 17.3 Å². The molecule has 0 N–H and O–H groups in total. The summed E-state index contributed by atoms with van der Waals surface area (Å²) in [6, 6.07) is 4.21. The molecule has 3 saturated heterocycles. The summed E-state index contributed by atoms with van der Waals surface area (Å²) in [4.78, 5) is 9.50. The van der Waals surface area contributed by atoms with Crippen LogP contribution >= 0.6 is 0 Å². The number of hydrogen-bond donors (Lipinski definition) is 0. The second-order valence-electron chi connectivity index (χ2n) is 8.31. The number of aromatic nitrogens is 1. The van der Waals surface area contributed by atoms with Crippen LogP contribution in [0, 0.1) is 17.3 Å².